The zero-order valence-electron chi connectivity index (χ0n) is 26.7. The molecule has 0 fully saturated rings. The number of rotatable bonds is 8. The SMILES string of the molecule is CCCC1(CCC)CNc2c(c3c4c5c(c(OC)c(O)c6c(=O)cc(CO)c(c7c(CO)cc(=O)c2c74)c65)C(C(C)=O)C(C)=C3)N1. The number of carbonyl (C=O) groups is 1. The number of aliphatic hydroxyl groups excluding tert-OH is 2. The van der Waals surface area contributed by atoms with Crippen LogP contribution in [0.25, 0.3) is 49.2 Å². The summed E-state index contributed by atoms with van der Waals surface area (Å²) < 4.78 is 5.82. The highest BCUT2D eigenvalue weighted by molar-refractivity contribution is 6.40. The number of phenols is 1. The molecule has 5 N–H and O–H groups in total. The van der Waals surface area contributed by atoms with Gasteiger partial charge < -0.3 is 30.7 Å². The number of aromatic hydroxyl groups is 1. The predicted octanol–water partition coefficient (Wildman–Crippen LogP) is 5.86. The Morgan fingerprint density at radius 3 is 2.02 bits per heavy atom. The molecule has 2 aliphatic rings. The highest BCUT2D eigenvalue weighted by Crippen LogP contribution is 2.57. The number of methoxy groups -OCH3 is 1. The minimum atomic E-state index is -0.832. The molecule has 1 unspecified atom stereocenters. The van der Waals surface area contributed by atoms with Gasteiger partial charge in [-0.25, -0.2) is 0 Å². The third-order valence-electron chi connectivity index (χ3n) is 10.3. The quantitative estimate of drug-likeness (QED) is 0.106. The van der Waals surface area contributed by atoms with Gasteiger partial charge in [-0.3, -0.25) is 14.4 Å². The van der Waals surface area contributed by atoms with Gasteiger partial charge in [0.25, 0.3) is 0 Å². The van der Waals surface area contributed by atoms with E-state index in [1.807, 2.05) is 13.0 Å². The summed E-state index contributed by atoms with van der Waals surface area (Å²) in [7, 11) is 1.40. The van der Waals surface area contributed by atoms with Crippen LogP contribution in [0.4, 0.5) is 11.4 Å². The molecule has 1 atom stereocenters. The number of allylic oxidation sites excluding steroid dienone is 1. The molecule has 0 aromatic heterocycles. The maximum absolute atomic E-state index is 14.2. The first-order valence-corrected chi connectivity index (χ1v) is 16.0. The summed E-state index contributed by atoms with van der Waals surface area (Å²) in [5.74, 6) is -1.38. The number of ketones is 1. The summed E-state index contributed by atoms with van der Waals surface area (Å²) in [5, 5.41) is 44.1. The number of phenolic OH excluding ortho intramolecular Hbond substituents is 1. The average Bonchev–Trinajstić information content (AvgIpc) is 3.15. The van der Waals surface area contributed by atoms with E-state index in [0.29, 0.717) is 72.2 Å². The molecule has 0 saturated heterocycles. The summed E-state index contributed by atoms with van der Waals surface area (Å²) in [6, 6.07) is 2.72. The lowest BCUT2D eigenvalue weighted by molar-refractivity contribution is -0.117. The van der Waals surface area contributed by atoms with Gasteiger partial charge in [-0.05, 0) is 66.1 Å². The Balaban J connectivity index is 1.89. The van der Waals surface area contributed by atoms with E-state index >= 15 is 0 Å². The summed E-state index contributed by atoms with van der Waals surface area (Å²) in [6.45, 7) is 7.30. The number of carbonyl (C=O) groups excluding carboxylic acids is 1. The van der Waals surface area contributed by atoms with Crippen LogP contribution in [0.15, 0.2) is 27.3 Å². The summed E-state index contributed by atoms with van der Waals surface area (Å²) in [5.41, 5.74) is 2.84. The number of fused-ring (bicyclic) bond motifs is 4. The van der Waals surface area contributed by atoms with E-state index in [4.69, 9.17) is 4.74 Å². The second-order valence-electron chi connectivity index (χ2n) is 13.0. The molecular weight excluding hydrogens is 584 g/mol. The summed E-state index contributed by atoms with van der Waals surface area (Å²) >= 11 is 0. The van der Waals surface area contributed by atoms with Crippen LogP contribution in [0.2, 0.25) is 0 Å². The van der Waals surface area contributed by atoms with Gasteiger partial charge in [0, 0.05) is 33.8 Å². The van der Waals surface area contributed by atoms with Crippen LogP contribution in [0, 0.1) is 0 Å². The number of hydrogen-bond donors (Lipinski definition) is 5. The van der Waals surface area contributed by atoms with Crippen LogP contribution in [0.3, 0.4) is 0 Å². The second-order valence-corrected chi connectivity index (χ2v) is 13.0. The first-order chi connectivity index (χ1) is 22.1. The Bertz CT molecular complexity index is 2270. The second kappa shape index (κ2) is 10.5. The number of Topliss-reactive ketones (excluding diaryl/α,β-unsaturated/α-hetero) is 1. The number of aliphatic hydroxyl groups is 2. The van der Waals surface area contributed by atoms with Crippen molar-refractivity contribution in [3.8, 4) is 11.5 Å². The largest absolute Gasteiger partial charge is 0.504 e. The number of hydrogen-bond acceptors (Lipinski definition) is 9. The molecule has 0 bridgehead atoms. The average molecular weight is 623 g/mol. The molecule has 5 aromatic carbocycles. The van der Waals surface area contributed by atoms with Gasteiger partial charge in [0.2, 0.25) is 0 Å². The zero-order valence-corrected chi connectivity index (χ0v) is 26.7. The van der Waals surface area contributed by atoms with Crippen molar-refractivity contribution in [3.63, 3.8) is 0 Å². The lowest BCUT2D eigenvalue weighted by Crippen LogP contribution is -2.48. The number of nitrogens with one attached hydrogen (secondary N) is 2. The molecule has 0 saturated carbocycles. The van der Waals surface area contributed by atoms with Gasteiger partial charge in [-0.1, -0.05) is 38.3 Å². The molecule has 46 heavy (non-hydrogen) atoms. The molecule has 238 valence electrons. The van der Waals surface area contributed by atoms with Crippen molar-refractivity contribution < 1.29 is 24.9 Å². The molecule has 0 radical (unpaired) electrons. The number of ether oxygens (including phenoxy) is 1. The number of benzene rings is 5. The van der Waals surface area contributed by atoms with Crippen LogP contribution in [-0.4, -0.2) is 40.3 Å². The lowest BCUT2D eigenvalue weighted by Gasteiger charge is -2.42. The molecule has 1 aliphatic heterocycles. The van der Waals surface area contributed by atoms with E-state index in [2.05, 4.69) is 24.5 Å². The first-order valence-electron chi connectivity index (χ1n) is 16.0. The first kappa shape index (κ1) is 30.2. The van der Waals surface area contributed by atoms with Gasteiger partial charge >= 0.3 is 0 Å². The lowest BCUT2D eigenvalue weighted by atomic mass is 9.78. The Labute approximate surface area is 265 Å². The van der Waals surface area contributed by atoms with Gasteiger partial charge in [-0.15, -0.1) is 0 Å². The highest BCUT2D eigenvalue weighted by atomic mass is 16.5. The highest BCUT2D eigenvalue weighted by Gasteiger charge is 2.40. The molecule has 0 spiro atoms. The zero-order chi connectivity index (χ0) is 32.8. The van der Waals surface area contributed by atoms with Crippen LogP contribution in [0.1, 0.15) is 81.5 Å². The van der Waals surface area contributed by atoms with Crippen molar-refractivity contribution in [2.75, 3.05) is 24.3 Å². The molecular formula is C37H38N2O7. The fraction of sp³-hybridized carbons (Fsp3) is 0.378. The van der Waals surface area contributed by atoms with E-state index in [-0.39, 0.29) is 33.6 Å². The monoisotopic (exact) mass is 622 g/mol. The minimum Gasteiger partial charge on any atom is -0.504 e. The summed E-state index contributed by atoms with van der Waals surface area (Å²) in [6.07, 6.45) is 5.65. The molecule has 9 nitrogen and oxygen atoms in total. The van der Waals surface area contributed by atoms with E-state index in [1.54, 1.807) is 0 Å². The molecule has 1 aliphatic carbocycles. The van der Waals surface area contributed by atoms with Crippen molar-refractivity contribution in [1.82, 2.24) is 0 Å². The fourth-order valence-corrected chi connectivity index (χ4v) is 8.70. The normalized spacial score (nSPS) is 16.9. The predicted molar refractivity (Wildman–Crippen MR) is 183 cm³/mol. The van der Waals surface area contributed by atoms with E-state index < -0.39 is 24.6 Å². The molecule has 0 amide bonds. The van der Waals surface area contributed by atoms with E-state index in [9.17, 15) is 29.7 Å². The summed E-state index contributed by atoms with van der Waals surface area (Å²) in [4.78, 5) is 41.5. The molecule has 9 heteroatoms. The van der Waals surface area contributed by atoms with E-state index in [0.717, 1.165) is 36.9 Å². The maximum Gasteiger partial charge on any atom is 0.190 e. The Kier molecular flexibility index (Phi) is 6.92. The van der Waals surface area contributed by atoms with Crippen LogP contribution in [-0.2, 0) is 18.0 Å². The van der Waals surface area contributed by atoms with Crippen molar-refractivity contribution in [2.24, 2.45) is 0 Å². The van der Waals surface area contributed by atoms with Crippen LogP contribution in [0.5, 0.6) is 11.5 Å². The van der Waals surface area contributed by atoms with Crippen molar-refractivity contribution in [2.45, 2.75) is 78.0 Å². The smallest absolute Gasteiger partial charge is 0.190 e. The van der Waals surface area contributed by atoms with E-state index in [1.165, 1.54) is 26.2 Å². The van der Waals surface area contributed by atoms with Crippen molar-refractivity contribution in [3.05, 3.63) is 60.4 Å². The Hall–Kier alpha value is -4.47. The van der Waals surface area contributed by atoms with Crippen LogP contribution < -0.4 is 26.2 Å². The molecule has 7 rings (SSSR count). The standard InChI is InChI=1S/C37H38N2O7/c1-6-8-37(9-7-2)15-38-34-27-21(43)11-18(13-40)24-25-19(14-41)12-22(44)28-30(25)31-26(29(24)27)20(33(34)39-37)10-16(3)23(17(4)42)32(31)36(46-5)35(28)45/h10-12,23,38-41,45H,6-9,13-15H2,1-5H3. The van der Waals surface area contributed by atoms with Gasteiger partial charge in [0.05, 0.1) is 53.9 Å². The Morgan fingerprint density at radius 1 is 0.891 bits per heavy atom. The topological polar surface area (TPSA) is 145 Å². The molecule has 1 heterocycles. The van der Waals surface area contributed by atoms with Crippen molar-refractivity contribution >= 4 is 66.3 Å². The third-order valence-corrected chi connectivity index (χ3v) is 10.3. The van der Waals surface area contributed by atoms with Gasteiger partial charge in [0.1, 0.15) is 5.78 Å². The van der Waals surface area contributed by atoms with Crippen molar-refractivity contribution in [1.29, 1.82) is 0 Å². The Morgan fingerprint density at radius 2 is 1.48 bits per heavy atom. The van der Waals surface area contributed by atoms with Gasteiger partial charge in [-0.2, -0.15) is 0 Å². The molecule has 5 aromatic rings. The number of anilines is 2. The third kappa shape index (κ3) is 3.78. The minimum absolute atomic E-state index is 0.000359. The fourth-order valence-electron chi connectivity index (χ4n) is 8.70. The maximum atomic E-state index is 14.2. The van der Waals surface area contributed by atoms with Crippen LogP contribution >= 0.6 is 0 Å². The van der Waals surface area contributed by atoms with Gasteiger partial charge in [0.15, 0.2) is 22.4 Å².